The molecule has 1 aromatic rings. The van der Waals surface area contributed by atoms with Crippen molar-refractivity contribution in [2.75, 3.05) is 12.9 Å². The molecule has 2 unspecified atom stereocenters. The molecule has 1 rings (SSSR count). The Balaban J connectivity index is 2.94. The van der Waals surface area contributed by atoms with Crippen LogP contribution in [0.15, 0.2) is 18.2 Å². The van der Waals surface area contributed by atoms with E-state index in [1.165, 1.54) is 11.8 Å². The van der Waals surface area contributed by atoms with Crippen molar-refractivity contribution in [2.45, 2.75) is 24.4 Å². The Morgan fingerprint density at radius 1 is 1.43 bits per heavy atom. The van der Waals surface area contributed by atoms with Gasteiger partial charge in [-0.05, 0) is 31.4 Å². The zero-order valence-corrected chi connectivity index (χ0v) is 12.2. The molecular formula is C13H15F4NO2S. The maximum Gasteiger partial charge on any atom is 0.419 e. The van der Waals surface area contributed by atoms with Crippen LogP contribution in [0.3, 0.4) is 0 Å². The summed E-state index contributed by atoms with van der Waals surface area (Å²) >= 11 is 1.32. The van der Waals surface area contributed by atoms with Gasteiger partial charge >= 0.3 is 6.18 Å². The third kappa shape index (κ3) is 4.60. The van der Waals surface area contributed by atoms with Gasteiger partial charge in [0.05, 0.1) is 12.2 Å². The molecule has 3 nitrogen and oxygen atoms in total. The highest BCUT2D eigenvalue weighted by molar-refractivity contribution is 7.99. The molecule has 0 fully saturated rings. The molecule has 0 aliphatic carbocycles. The molecule has 0 aliphatic rings. The first-order valence-electron chi connectivity index (χ1n) is 6.02. The fourth-order valence-corrected chi connectivity index (χ4v) is 2.33. The predicted octanol–water partition coefficient (Wildman–Crippen LogP) is 2.69. The molecular weight excluding hydrogens is 310 g/mol. The number of amides is 1. The fourth-order valence-electron chi connectivity index (χ4n) is 1.70. The summed E-state index contributed by atoms with van der Waals surface area (Å²) in [6.07, 6.45) is -3.12. The van der Waals surface area contributed by atoms with Gasteiger partial charge in [-0.1, -0.05) is 0 Å². The molecule has 2 atom stereocenters. The van der Waals surface area contributed by atoms with Gasteiger partial charge in [-0.3, -0.25) is 4.79 Å². The van der Waals surface area contributed by atoms with Crippen LogP contribution in [-0.4, -0.2) is 35.2 Å². The lowest BCUT2D eigenvalue weighted by atomic mass is 10.1. The smallest absolute Gasteiger partial charge is 0.395 e. The molecule has 0 bridgehead atoms. The van der Waals surface area contributed by atoms with E-state index in [0.717, 1.165) is 6.07 Å². The Bertz CT molecular complexity index is 503. The van der Waals surface area contributed by atoms with Gasteiger partial charge < -0.3 is 10.4 Å². The second-order valence-electron chi connectivity index (χ2n) is 4.41. The van der Waals surface area contributed by atoms with Crippen molar-refractivity contribution in [3.8, 4) is 0 Å². The molecule has 0 spiro atoms. The Hall–Kier alpha value is -1.28. The van der Waals surface area contributed by atoms with E-state index in [-0.39, 0.29) is 17.4 Å². The van der Waals surface area contributed by atoms with E-state index in [1.807, 2.05) is 0 Å². The van der Waals surface area contributed by atoms with Crippen LogP contribution in [0.5, 0.6) is 0 Å². The number of benzene rings is 1. The zero-order valence-electron chi connectivity index (χ0n) is 11.4. The van der Waals surface area contributed by atoms with Crippen molar-refractivity contribution in [1.82, 2.24) is 5.32 Å². The quantitative estimate of drug-likeness (QED) is 0.819. The highest BCUT2D eigenvalue weighted by Crippen LogP contribution is 2.31. The molecule has 0 radical (unpaired) electrons. The molecule has 0 aliphatic heterocycles. The summed E-state index contributed by atoms with van der Waals surface area (Å²) in [5.74, 6) is -2.18. The van der Waals surface area contributed by atoms with Crippen molar-refractivity contribution < 1.29 is 27.5 Å². The van der Waals surface area contributed by atoms with E-state index in [4.69, 9.17) is 5.11 Å². The number of carbonyl (C=O) groups excluding carboxylic acids is 1. The molecule has 1 amide bonds. The average Bonchev–Trinajstić information content (AvgIpc) is 2.39. The van der Waals surface area contributed by atoms with Crippen LogP contribution in [0.25, 0.3) is 0 Å². The Kier molecular flexibility index (Phi) is 6.03. The number of halogens is 4. The largest absolute Gasteiger partial charge is 0.419 e. The molecule has 1 aromatic carbocycles. The fraction of sp³-hybridized carbons (Fsp3) is 0.462. The van der Waals surface area contributed by atoms with Crippen molar-refractivity contribution in [3.05, 3.63) is 35.1 Å². The van der Waals surface area contributed by atoms with E-state index < -0.39 is 29.5 Å². The highest BCUT2D eigenvalue weighted by Gasteiger charge is 2.34. The topological polar surface area (TPSA) is 49.3 Å². The SMILES string of the molecule is CSC(CO)C(C)NC(=O)c1ccc(F)c(C(F)(F)F)c1. The van der Waals surface area contributed by atoms with Crippen LogP contribution in [0.2, 0.25) is 0 Å². The van der Waals surface area contributed by atoms with Crippen LogP contribution >= 0.6 is 11.8 Å². The molecule has 118 valence electrons. The van der Waals surface area contributed by atoms with Crippen LogP contribution in [-0.2, 0) is 6.18 Å². The van der Waals surface area contributed by atoms with Crippen LogP contribution in [0, 0.1) is 5.82 Å². The minimum Gasteiger partial charge on any atom is -0.395 e. The normalized spacial score (nSPS) is 14.6. The first kappa shape index (κ1) is 17.8. The second-order valence-corrected chi connectivity index (χ2v) is 5.49. The Morgan fingerprint density at radius 3 is 2.52 bits per heavy atom. The summed E-state index contributed by atoms with van der Waals surface area (Å²) in [7, 11) is 0. The molecule has 21 heavy (non-hydrogen) atoms. The first-order valence-corrected chi connectivity index (χ1v) is 7.30. The number of nitrogens with one attached hydrogen (secondary N) is 1. The maximum atomic E-state index is 13.1. The standard InChI is InChI=1S/C13H15F4NO2S/c1-7(11(6-19)21-2)18-12(20)8-3-4-10(14)9(5-8)13(15,16)17/h3-5,7,11,19H,6H2,1-2H3,(H,18,20). The third-order valence-electron chi connectivity index (χ3n) is 2.93. The lowest BCUT2D eigenvalue weighted by Gasteiger charge is -2.21. The average molecular weight is 325 g/mol. The number of carbonyl (C=O) groups is 1. The van der Waals surface area contributed by atoms with Crippen molar-refractivity contribution in [3.63, 3.8) is 0 Å². The summed E-state index contributed by atoms with van der Waals surface area (Å²) < 4.78 is 50.9. The summed E-state index contributed by atoms with van der Waals surface area (Å²) in [6.45, 7) is 1.45. The van der Waals surface area contributed by atoms with Crippen molar-refractivity contribution >= 4 is 17.7 Å². The van der Waals surface area contributed by atoms with E-state index >= 15 is 0 Å². The van der Waals surface area contributed by atoms with E-state index in [9.17, 15) is 22.4 Å². The molecule has 8 heteroatoms. The number of aliphatic hydroxyl groups excluding tert-OH is 1. The molecule has 0 aromatic heterocycles. The molecule has 2 N–H and O–H groups in total. The van der Waals surface area contributed by atoms with Gasteiger partial charge in [-0.15, -0.1) is 0 Å². The van der Waals surface area contributed by atoms with Gasteiger partial charge in [0.25, 0.3) is 5.91 Å². The first-order chi connectivity index (χ1) is 9.70. The maximum absolute atomic E-state index is 13.1. The van der Waals surface area contributed by atoms with Gasteiger partial charge in [-0.25, -0.2) is 4.39 Å². The number of hydrogen-bond donors (Lipinski definition) is 2. The van der Waals surface area contributed by atoms with Crippen LogP contribution in [0.4, 0.5) is 17.6 Å². The van der Waals surface area contributed by atoms with Gasteiger partial charge in [0.2, 0.25) is 0 Å². The lowest BCUT2D eigenvalue weighted by Crippen LogP contribution is -2.41. The molecule has 0 heterocycles. The van der Waals surface area contributed by atoms with E-state index in [1.54, 1.807) is 13.2 Å². The number of hydrogen-bond acceptors (Lipinski definition) is 3. The van der Waals surface area contributed by atoms with Crippen molar-refractivity contribution in [2.24, 2.45) is 0 Å². The Morgan fingerprint density at radius 2 is 2.05 bits per heavy atom. The number of aliphatic hydroxyl groups is 1. The van der Waals surface area contributed by atoms with Gasteiger partial charge in [0, 0.05) is 16.9 Å². The van der Waals surface area contributed by atoms with E-state index in [0.29, 0.717) is 12.1 Å². The molecule has 0 saturated carbocycles. The number of rotatable bonds is 5. The van der Waals surface area contributed by atoms with Gasteiger partial charge in [0.15, 0.2) is 0 Å². The monoisotopic (exact) mass is 325 g/mol. The third-order valence-corrected chi connectivity index (χ3v) is 4.10. The van der Waals surface area contributed by atoms with Crippen molar-refractivity contribution in [1.29, 1.82) is 0 Å². The summed E-state index contributed by atoms with van der Waals surface area (Å²) in [4.78, 5) is 11.9. The zero-order chi connectivity index (χ0) is 16.2. The van der Waals surface area contributed by atoms with Crippen LogP contribution in [0.1, 0.15) is 22.8 Å². The lowest BCUT2D eigenvalue weighted by molar-refractivity contribution is -0.140. The van der Waals surface area contributed by atoms with Gasteiger partial charge in [-0.2, -0.15) is 24.9 Å². The minimum atomic E-state index is -4.86. The second kappa shape index (κ2) is 7.13. The predicted molar refractivity (Wildman–Crippen MR) is 72.7 cm³/mol. The highest BCUT2D eigenvalue weighted by atomic mass is 32.2. The number of alkyl halides is 3. The van der Waals surface area contributed by atoms with Crippen LogP contribution < -0.4 is 5.32 Å². The Labute approximate surface area is 123 Å². The van der Waals surface area contributed by atoms with E-state index in [2.05, 4.69) is 5.32 Å². The summed E-state index contributed by atoms with van der Waals surface area (Å²) in [6, 6.07) is 1.63. The molecule has 0 saturated heterocycles. The summed E-state index contributed by atoms with van der Waals surface area (Å²) in [5, 5.41) is 11.3. The number of thioether (sulfide) groups is 1. The van der Waals surface area contributed by atoms with Gasteiger partial charge in [0.1, 0.15) is 5.82 Å². The minimum absolute atomic E-state index is 0.181. The summed E-state index contributed by atoms with van der Waals surface area (Å²) in [5.41, 5.74) is -1.76.